The van der Waals surface area contributed by atoms with Gasteiger partial charge >= 0.3 is 6.18 Å². The molecule has 0 saturated carbocycles. The van der Waals surface area contributed by atoms with E-state index in [2.05, 4.69) is 10.2 Å². The molecule has 1 N–H and O–H groups in total. The smallest absolute Gasteiger partial charge is 0.369 e. The van der Waals surface area contributed by atoms with E-state index in [1.807, 2.05) is 36.9 Å². The predicted molar refractivity (Wildman–Crippen MR) is 113 cm³/mol. The molecule has 0 atom stereocenters. The van der Waals surface area contributed by atoms with Gasteiger partial charge in [-0.15, -0.1) is 0 Å². The lowest BCUT2D eigenvalue weighted by Gasteiger charge is -2.36. The van der Waals surface area contributed by atoms with Crippen LogP contribution in [0.1, 0.15) is 33.5 Å². The van der Waals surface area contributed by atoms with Gasteiger partial charge in [0.1, 0.15) is 0 Å². The van der Waals surface area contributed by atoms with Gasteiger partial charge in [-0.1, -0.05) is 12.1 Å². The van der Waals surface area contributed by atoms with Crippen LogP contribution in [0.5, 0.6) is 0 Å². The van der Waals surface area contributed by atoms with E-state index in [0.29, 0.717) is 30.9 Å². The Bertz CT molecular complexity index is 874. The fraction of sp³-hybridized carbons (Fsp3) is 0.435. The van der Waals surface area contributed by atoms with Crippen LogP contribution in [-0.4, -0.2) is 50.1 Å². The fourth-order valence-corrected chi connectivity index (χ4v) is 3.60. The highest BCUT2D eigenvalue weighted by molar-refractivity contribution is 5.94. The van der Waals surface area contributed by atoms with Crippen molar-refractivity contribution in [2.45, 2.75) is 26.4 Å². The topological polar surface area (TPSA) is 35.6 Å². The number of hydrogen-bond acceptors (Lipinski definition) is 3. The van der Waals surface area contributed by atoms with E-state index in [9.17, 15) is 18.0 Å². The number of rotatable bonds is 6. The summed E-state index contributed by atoms with van der Waals surface area (Å²) in [6, 6.07) is 11.2. The highest BCUT2D eigenvalue weighted by Crippen LogP contribution is 2.31. The van der Waals surface area contributed by atoms with E-state index >= 15 is 0 Å². The highest BCUT2D eigenvalue weighted by Gasteiger charge is 2.31. The molecule has 1 saturated heterocycles. The van der Waals surface area contributed by atoms with Crippen molar-refractivity contribution in [2.75, 3.05) is 44.2 Å². The first-order valence-electron chi connectivity index (χ1n) is 10.2. The number of benzene rings is 2. The molecule has 2 aromatic rings. The molecule has 4 nitrogen and oxygen atoms in total. The highest BCUT2D eigenvalue weighted by atomic mass is 19.4. The standard InChI is InChI=1S/C23H28F3N3O/c1-17-7-8-19(15-18(17)2)22(30)27-9-4-10-28-11-13-29(14-12-28)21-6-3-5-20(16-21)23(24,25)26/h3,5-8,15-16H,4,9-14H2,1-2H3,(H,27,30). The SMILES string of the molecule is Cc1ccc(C(=O)NCCCN2CCN(c3cccc(C(F)(F)F)c3)CC2)cc1C. The third-order valence-electron chi connectivity index (χ3n) is 5.62. The summed E-state index contributed by atoms with van der Waals surface area (Å²) in [6.45, 7) is 8.42. The quantitative estimate of drug-likeness (QED) is 0.711. The number of nitrogens with one attached hydrogen (secondary N) is 1. The Balaban J connectivity index is 1.40. The largest absolute Gasteiger partial charge is 0.416 e. The Hall–Kier alpha value is -2.54. The number of amides is 1. The minimum atomic E-state index is -4.32. The molecule has 7 heteroatoms. The van der Waals surface area contributed by atoms with Crippen LogP contribution >= 0.6 is 0 Å². The van der Waals surface area contributed by atoms with Gasteiger partial charge in [-0.05, 0) is 68.3 Å². The van der Waals surface area contributed by atoms with Gasteiger partial charge in [0.25, 0.3) is 5.91 Å². The van der Waals surface area contributed by atoms with Crippen molar-refractivity contribution in [3.8, 4) is 0 Å². The minimum absolute atomic E-state index is 0.0625. The van der Waals surface area contributed by atoms with E-state index in [-0.39, 0.29) is 5.91 Å². The van der Waals surface area contributed by atoms with E-state index in [1.165, 1.54) is 12.1 Å². The van der Waals surface area contributed by atoms with E-state index in [0.717, 1.165) is 43.2 Å². The molecule has 0 radical (unpaired) electrons. The average Bonchev–Trinajstić information content (AvgIpc) is 2.73. The van der Waals surface area contributed by atoms with Gasteiger partial charge < -0.3 is 10.2 Å². The van der Waals surface area contributed by atoms with Gasteiger partial charge in [-0.3, -0.25) is 9.69 Å². The third kappa shape index (κ3) is 5.75. The number of piperazine rings is 1. The first-order valence-corrected chi connectivity index (χ1v) is 10.2. The van der Waals surface area contributed by atoms with Gasteiger partial charge in [-0.25, -0.2) is 0 Å². The number of anilines is 1. The van der Waals surface area contributed by atoms with Gasteiger partial charge in [0.05, 0.1) is 5.56 Å². The predicted octanol–water partition coefficient (Wildman–Crippen LogP) is 4.26. The van der Waals surface area contributed by atoms with E-state index in [4.69, 9.17) is 0 Å². The van der Waals surface area contributed by atoms with Gasteiger partial charge in [0.15, 0.2) is 0 Å². The van der Waals surface area contributed by atoms with Crippen molar-refractivity contribution >= 4 is 11.6 Å². The summed E-state index contributed by atoms with van der Waals surface area (Å²) in [5, 5.41) is 2.96. The van der Waals surface area contributed by atoms with Crippen LogP contribution in [-0.2, 0) is 6.18 Å². The zero-order chi connectivity index (χ0) is 21.7. The maximum absolute atomic E-state index is 12.9. The molecular formula is C23H28F3N3O. The molecule has 3 rings (SSSR count). The molecule has 0 aliphatic carbocycles. The number of hydrogen-bond donors (Lipinski definition) is 1. The summed E-state index contributed by atoms with van der Waals surface area (Å²) < 4.78 is 38.7. The molecule has 0 bridgehead atoms. The Kier molecular flexibility index (Phi) is 7.02. The van der Waals surface area contributed by atoms with E-state index < -0.39 is 11.7 Å². The number of aryl methyl sites for hydroxylation is 2. The maximum Gasteiger partial charge on any atom is 0.416 e. The Morgan fingerprint density at radius 3 is 2.40 bits per heavy atom. The normalized spacial score (nSPS) is 15.3. The van der Waals surface area contributed by atoms with Gasteiger partial charge in [-0.2, -0.15) is 13.2 Å². The lowest BCUT2D eigenvalue weighted by atomic mass is 10.1. The first-order chi connectivity index (χ1) is 14.2. The second-order valence-electron chi connectivity index (χ2n) is 7.79. The monoisotopic (exact) mass is 419 g/mol. The zero-order valence-electron chi connectivity index (χ0n) is 17.4. The van der Waals surface area contributed by atoms with Crippen molar-refractivity contribution in [3.63, 3.8) is 0 Å². The van der Waals surface area contributed by atoms with Gasteiger partial charge in [0, 0.05) is 44.0 Å². The second kappa shape index (κ2) is 9.51. The summed E-state index contributed by atoms with van der Waals surface area (Å²) >= 11 is 0. The third-order valence-corrected chi connectivity index (χ3v) is 5.62. The Morgan fingerprint density at radius 1 is 1.00 bits per heavy atom. The van der Waals surface area contributed by atoms with E-state index in [1.54, 1.807) is 6.07 Å². The van der Waals surface area contributed by atoms with Crippen LogP contribution in [0.25, 0.3) is 0 Å². The molecule has 1 fully saturated rings. The molecule has 0 unspecified atom stereocenters. The number of alkyl halides is 3. The van der Waals surface area contributed by atoms with Crippen LogP contribution < -0.4 is 10.2 Å². The molecule has 1 amide bonds. The molecule has 0 spiro atoms. The number of nitrogens with zero attached hydrogens (tertiary/aromatic N) is 2. The summed E-state index contributed by atoms with van der Waals surface area (Å²) in [5.74, 6) is -0.0625. The molecule has 1 heterocycles. The summed E-state index contributed by atoms with van der Waals surface area (Å²) in [7, 11) is 0. The lowest BCUT2D eigenvalue weighted by molar-refractivity contribution is -0.137. The van der Waals surface area contributed by atoms with Crippen LogP contribution in [0, 0.1) is 13.8 Å². The molecule has 1 aliphatic heterocycles. The molecule has 0 aromatic heterocycles. The second-order valence-corrected chi connectivity index (χ2v) is 7.79. The van der Waals surface area contributed by atoms with Gasteiger partial charge in [0.2, 0.25) is 0 Å². The molecule has 162 valence electrons. The lowest BCUT2D eigenvalue weighted by Crippen LogP contribution is -2.47. The van der Waals surface area contributed by atoms with Crippen molar-refractivity contribution in [1.29, 1.82) is 0 Å². The van der Waals surface area contributed by atoms with Crippen LogP contribution in [0.3, 0.4) is 0 Å². The zero-order valence-corrected chi connectivity index (χ0v) is 17.4. The minimum Gasteiger partial charge on any atom is -0.369 e. The van der Waals surface area contributed by atoms with Crippen molar-refractivity contribution in [1.82, 2.24) is 10.2 Å². The van der Waals surface area contributed by atoms with Crippen molar-refractivity contribution in [3.05, 3.63) is 64.7 Å². The fourth-order valence-electron chi connectivity index (χ4n) is 3.60. The first kappa shape index (κ1) is 22.2. The summed E-state index contributed by atoms with van der Waals surface area (Å²) in [6.07, 6.45) is -3.49. The van der Waals surface area contributed by atoms with Crippen molar-refractivity contribution in [2.24, 2.45) is 0 Å². The molecule has 30 heavy (non-hydrogen) atoms. The Labute approximate surface area is 175 Å². The Morgan fingerprint density at radius 2 is 1.73 bits per heavy atom. The number of carbonyl (C=O) groups excluding carboxylic acids is 1. The van der Waals surface area contributed by atoms with Crippen LogP contribution in [0.15, 0.2) is 42.5 Å². The van der Waals surface area contributed by atoms with Crippen molar-refractivity contribution < 1.29 is 18.0 Å². The molecule has 1 aliphatic rings. The molecular weight excluding hydrogens is 391 g/mol. The average molecular weight is 419 g/mol. The maximum atomic E-state index is 12.9. The summed E-state index contributed by atoms with van der Waals surface area (Å²) in [4.78, 5) is 16.5. The number of carbonyl (C=O) groups is 1. The van der Waals surface area contributed by atoms with Crippen LogP contribution in [0.2, 0.25) is 0 Å². The summed E-state index contributed by atoms with van der Waals surface area (Å²) in [5.41, 5.74) is 2.94. The molecule has 2 aromatic carbocycles. The number of halogens is 3. The van der Waals surface area contributed by atoms with Crippen LogP contribution in [0.4, 0.5) is 18.9 Å².